The minimum Gasteiger partial charge on any atom is -0.496 e. The van der Waals surface area contributed by atoms with Crippen LogP contribution in [0.15, 0.2) is 69.6 Å². The number of aromatic nitrogens is 1. The van der Waals surface area contributed by atoms with Crippen LogP contribution in [0.25, 0.3) is 6.08 Å². The van der Waals surface area contributed by atoms with Crippen molar-refractivity contribution >= 4 is 23.3 Å². The lowest BCUT2D eigenvalue weighted by atomic mass is 9.94. The third kappa shape index (κ3) is 5.11. The number of rotatable bonds is 8. The third-order valence-corrected chi connectivity index (χ3v) is 7.29. The Morgan fingerprint density at radius 2 is 1.76 bits per heavy atom. The fourth-order valence-corrected chi connectivity index (χ4v) is 5.60. The molecule has 1 aliphatic rings. The zero-order chi connectivity index (χ0) is 26.7. The molecule has 4 rings (SSSR count). The fourth-order valence-electron chi connectivity index (χ4n) is 4.57. The molecule has 1 aromatic heterocycles. The van der Waals surface area contributed by atoms with Gasteiger partial charge in [0.05, 0.1) is 29.0 Å². The summed E-state index contributed by atoms with van der Waals surface area (Å²) in [7, 11) is 1.59. The highest BCUT2D eigenvalue weighted by molar-refractivity contribution is 7.07. The first kappa shape index (κ1) is 26.4. The van der Waals surface area contributed by atoms with Crippen molar-refractivity contribution in [3.8, 4) is 11.5 Å². The van der Waals surface area contributed by atoms with Crippen LogP contribution in [0.1, 0.15) is 51.8 Å². The Morgan fingerprint density at radius 1 is 1.11 bits per heavy atom. The molecule has 0 spiro atoms. The number of para-hydroxylation sites is 2. The minimum absolute atomic E-state index is 0.00221. The van der Waals surface area contributed by atoms with Crippen molar-refractivity contribution < 1.29 is 14.3 Å². The number of hydrogen-bond donors (Lipinski definition) is 0. The summed E-state index contributed by atoms with van der Waals surface area (Å²) < 4.78 is 13.8. The van der Waals surface area contributed by atoms with Gasteiger partial charge in [0.25, 0.3) is 11.5 Å². The van der Waals surface area contributed by atoms with E-state index in [1.807, 2.05) is 89.2 Å². The van der Waals surface area contributed by atoms with E-state index in [1.54, 1.807) is 16.6 Å². The first-order valence-electron chi connectivity index (χ1n) is 12.5. The van der Waals surface area contributed by atoms with Crippen LogP contribution in [0.5, 0.6) is 11.5 Å². The Hall–Kier alpha value is -3.65. The Kier molecular flexibility index (Phi) is 7.97. The highest BCUT2D eigenvalue weighted by Gasteiger charge is 2.35. The van der Waals surface area contributed by atoms with Gasteiger partial charge in [-0.1, -0.05) is 47.7 Å². The second-order valence-electron chi connectivity index (χ2n) is 9.01. The van der Waals surface area contributed by atoms with Crippen LogP contribution >= 0.6 is 11.3 Å². The van der Waals surface area contributed by atoms with Crippen LogP contribution in [-0.2, 0) is 4.79 Å². The number of fused-ring (bicyclic) bond motifs is 1. The van der Waals surface area contributed by atoms with Gasteiger partial charge in [-0.25, -0.2) is 4.99 Å². The summed E-state index contributed by atoms with van der Waals surface area (Å²) >= 11 is 1.31. The van der Waals surface area contributed by atoms with Crippen LogP contribution in [0.4, 0.5) is 0 Å². The molecule has 0 unspecified atom stereocenters. The van der Waals surface area contributed by atoms with Gasteiger partial charge < -0.3 is 14.4 Å². The van der Waals surface area contributed by atoms with Gasteiger partial charge in [0.15, 0.2) is 4.80 Å². The van der Waals surface area contributed by atoms with Crippen molar-refractivity contribution in [1.82, 2.24) is 9.47 Å². The van der Waals surface area contributed by atoms with Crippen molar-refractivity contribution in [1.29, 1.82) is 0 Å². The van der Waals surface area contributed by atoms with Crippen LogP contribution < -0.4 is 24.4 Å². The zero-order valence-electron chi connectivity index (χ0n) is 22.1. The lowest BCUT2D eigenvalue weighted by molar-refractivity contribution is -0.127. The van der Waals surface area contributed by atoms with E-state index in [0.717, 1.165) is 11.1 Å². The van der Waals surface area contributed by atoms with E-state index in [0.29, 0.717) is 45.2 Å². The van der Waals surface area contributed by atoms with Crippen LogP contribution in [0.3, 0.4) is 0 Å². The molecule has 0 N–H and O–H groups in total. The lowest BCUT2D eigenvalue weighted by Crippen LogP contribution is -2.43. The number of thiazole rings is 1. The lowest BCUT2D eigenvalue weighted by Gasteiger charge is -2.29. The molecule has 0 radical (unpaired) electrons. The molecule has 8 heteroatoms. The van der Waals surface area contributed by atoms with E-state index in [4.69, 9.17) is 14.5 Å². The third-order valence-electron chi connectivity index (χ3n) is 6.30. The minimum atomic E-state index is -0.662. The zero-order valence-corrected chi connectivity index (χ0v) is 23.0. The quantitative estimate of drug-likeness (QED) is 0.453. The van der Waals surface area contributed by atoms with E-state index in [2.05, 4.69) is 0 Å². The molecular formula is C29H33N3O4S. The maximum atomic E-state index is 14.0. The molecular weight excluding hydrogens is 486 g/mol. The monoisotopic (exact) mass is 519 g/mol. The van der Waals surface area contributed by atoms with Gasteiger partial charge in [-0.15, -0.1) is 0 Å². The summed E-state index contributed by atoms with van der Waals surface area (Å²) in [5, 5.41) is 0. The molecule has 3 aromatic rings. The highest BCUT2D eigenvalue weighted by atomic mass is 32.1. The number of allylic oxidation sites excluding steroid dienone is 1. The number of nitrogens with zero attached hydrogens (tertiary/aromatic N) is 3. The topological polar surface area (TPSA) is 73.1 Å². The molecule has 0 saturated heterocycles. The predicted molar refractivity (Wildman–Crippen MR) is 147 cm³/mol. The number of ether oxygens (including phenoxy) is 2. The number of likely N-dealkylation sites (N-methyl/N-ethyl adjacent to an activating group) is 1. The summed E-state index contributed by atoms with van der Waals surface area (Å²) in [6.45, 7) is 10.8. The summed E-state index contributed by atoms with van der Waals surface area (Å²) in [6, 6.07) is 14.5. The van der Waals surface area contributed by atoms with E-state index < -0.39 is 6.04 Å². The fraction of sp³-hybridized carbons (Fsp3) is 0.345. The predicted octanol–water partition coefficient (Wildman–Crippen LogP) is 3.90. The normalized spacial score (nSPS) is 15.4. The van der Waals surface area contributed by atoms with Crippen LogP contribution in [0, 0.1) is 0 Å². The number of amides is 1. The number of hydrogen-bond acceptors (Lipinski definition) is 6. The number of carbonyl (C=O) groups excluding carboxylic acids is 1. The number of methoxy groups -OCH3 is 1. The smallest absolute Gasteiger partial charge is 0.271 e. The van der Waals surface area contributed by atoms with Gasteiger partial charge in [0, 0.05) is 24.2 Å². The second kappa shape index (κ2) is 11.2. The Labute approximate surface area is 221 Å². The van der Waals surface area contributed by atoms with Gasteiger partial charge in [-0.3, -0.25) is 14.2 Å². The van der Waals surface area contributed by atoms with Gasteiger partial charge >= 0.3 is 0 Å². The standard InChI is InChI=1S/C29H33N3O4S/c1-7-31(8-2)28(34)25-19(5)30-29-32(26(25)21-14-10-12-16-23(21)35-6)27(33)24(37-29)17-20-13-9-11-15-22(20)36-18(3)4/h9-18,26H,7-8H2,1-6H3/b24-17+/t26-/m1/s1. The largest absolute Gasteiger partial charge is 0.496 e. The summed E-state index contributed by atoms with van der Waals surface area (Å²) in [5.41, 5.74) is 2.42. The van der Waals surface area contributed by atoms with Crippen molar-refractivity contribution in [2.75, 3.05) is 20.2 Å². The maximum absolute atomic E-state index is 14.0. The Balaban J connectivity index is 1.98. The maximum Gasteiger partial charge on any atom is 0.271 e. The molecule has 0 fully saturated rings. The molecule has 0 saturated carbocycles. The molecule has 1 atom stereocenters. The van der Waals surface area contributed by atoms with Gasteiger partial charge in [-0.05, 0) is 52.8 Å². The molecule has 1 aliphatic heterocycles. The van der Waals surface area contributed by atoms with Gasteiger partial charge in [0.1, 0.15) is 17.5 Å². The summed E-state index contributed by atoms with van der Waals surface area (Å²) in [6.07, 6.45) is 1.84. The van der Waals surface area contributed by atoms with Crippen molar-refractivity contribution in [2.24, 2.45) is 4.99 Å². The van der Waals surface area contributed by atoms with Crippen molar-refractivity contribution in [3.05, 3.63) is 90.6 Å². The van der Waals surface area contributed by atoms with E-state index in [1.165, 1.54) is 11.3 Å². The first-order chi connectivity index (χ1) is 17.8. The van der Waals surface area contributed by atoms with Crippen LogP contribution in [-0.4, -0.2) is 41.7 Å². The molecule has 7 nitrogen and oxygen atoms in total. The van der Waals surface area contributed by atoms with Gasteiger partial charge in [-0.2, -0.15) is 0 Å². The van der Waals surface area contributed by atoms with Gasteiger partial charge in [0.2, 0.25) is 0 Å². The molecule has 37 heavy (non-hydrogen) atoms. The average Bonchev–Trinajstić information content (AvgIpc) is 3.18. The SMILES string of the molecule is CCN(CC)C(=O)C1=C(C)N=c2s/c(=C/c3ccccc3OC(C)C)c(=O)n2[C@@H]1c1ccccc1OC. The first-order valence-corrected chi connectivity index (χ1v) is 13.3. The summed E-state index contributed by atoms with van der Waals surface area (Å²) in [4.78, 5) is 34.8. The molecule has 1 amide bonds. The highest BCUT2D eigenvalue weighted by Crippen LogP contribution is 2.36. The molecule has 0 aliphatic carbocycles. The van der Waals surface area contributed by atoms with Crippen molar-refractivity contribution in [2.45, 2.75) is 46.8 Å². The Morgan fingerprint density at radius 3 is 2.41 bits per heavy atom. The summed E-state index contributed by atoms with van der Waals surface area (Å²) in [5.74, 6) is 1.18. The van der Waals surface area contributed by atoms with E-state index in [-0.39, 0.29) is 17.6 Å². The number of carbonyl (C=O) groups is 1. The molecule has 0 bridgehead atoms. The Bertz CT molecular complexity index is 1510. The van der Waals surface area contributed by atoms with Crippen LogP contribution in [0.2, 0.25) is 0 Å². The second-order valence-corrected chi connectivity index (χ2v) is 10.0. The van der Waals surface area contributed by atoms with Crippen molar-refractivity contribution in [3.63, 3.8) is 0 Å². The van der Waals surface area contributed by atoms with E-state index >= 15 is 0 Å². The molecule has 2 heterocycles. The number of benzene rings is 2. The molecule has 194 valence electrons. The van der Waals surface area contributed by atoms with E-state index in [9.17, 15) is 9.59 Å². The molecule has 2 aromatic carbocycles. The average molecular weight is 520 g/mol.